The Hall–Kier alpha value is -4.04. The van der Waals surface area contributed by atoms with Crippen molar-refractivity contribution in [3.63, 3.8) is 0 Å². The van der Waals surface area contributed by atoms with Gasteiger partial charge >= 0.3 is 0 Å². The van der Waals surface area contributed by atoms with E-state index < -0.39 is 0 Å². The number of nitrogens with one attached hydrogen (secondary N) is 1. The van der Waals surface area contributed by atoms with Gasteiger partial charge in [0, 0.05) is 41.0 Å². The largest absolute Gasteiger partial charge is 0.493 e. The number of carbonyl (C=O) groups is 1. The molecule has 8 heteroatoms. The summed E-state index contributed by atoms with van der Waals surface area (Å²) in [6, 6.07) is 14.9. The number of furan rings is 1. The molecule has 5 rings (SSSR count). The molecule has 2 heterocycles. The van der Waals surface area contributed by atoms with Crippen LogP contribution in [0.2, 0.25) is 0 Å². The Morgan fingerprint density at radius 3 is 2.41 bits per heavy atom. The van der Waals surface area contributed by atoms with Gasteiger partial charge in [0.05, 0.1) is 21.3 Å². The first kappa shape index (κ1) is 21.8. The van der Waals surface area contributed by atoms with Crippen LogP contribution in [-0.4, -0.2) is 44.3 Å². The molecule has 2 atom stereocenters. The highest BCUT2D eigenvalue weighted by atomic mass is 16.5. The second kappa shape index (κ2) is 8.72. The fourth-order valence-electron chi connectivity index (χ4n) is 3.99. The van der Waals surface area contributed by atoms with Crippen LogP contribution in [-0.2, 0) is 0 Å². The first-order chi connectivity index (χ1) is 16.5. The number of pyridine rings is 1. The van der Waals surface area contributed by atoms with Crippen LogP contribution in [0.1, 0.15) is 16.8 Å². The van der Waals surface area contributed by atoms with E-state index in [0.29, 0.717) is 39.7 Å². The number of rotatable bonds is 7. The maximum Gasteiger partial charge on any atom is 0.251 e. The normalized spacial score (nSPS) is 16.8. The van der Waals surface area contributed by atoms with Crippen LogP contribution in [0.25, 0.3) is 33.6 Å². The third-order valence-corrected chi connectivity index (χ3v) is 5.95. The Kier molecular flexibility index (Phi) is 5.59. The Labute approximate surface area is 196 Å². The molecule has 2 aromatic heterocycles. The average molecular weight is 460 g/mol. The number of nitrogens with zero attached hydrogens (tertiary/aromatic N) is 1. The van der Waals surface area contributed by atoms with Crippen molar-refractivity contribution in [1.82, 2.24) is 10.3 Å². The lowest BCUT2D eigenvalue weighted by molar-refractivity contribution is 0.0950. The predicted octanol–water partition coefficient (Wildman–Crippen LogP) is 4.02. The lowest BCUT2D eigenvalue weighted by atomic mass is 10.0. The SMILES string of the molecule is COc1cc(-c2cc3nccc(-c4cccc(C(=O)N[C@@H]5C[C@@H]5N)c4)c3o2)cc(OC)c1OC. The molecule has 174 valence electrons. The summed E-state index contributed by atoms with van der Waals surface area (Å²) in [6.07, 6.45) is 2.54. The zero-order valence-corrected chi connectivity index (χ0v) is 19.1. The van der Waals surface area contributed by atoms with Crippen LogP contribution in [0.4, 0.5) is 0 Å². The van der Waals surface area contributed by atoms with Crippen LogP contribution in [0, 0.1) is 0 Å². The van der Waals surface area contributed by atoms with E-state index in [0.717, 1.165) is 23.1 Å². The van der Waals surface area contributed by atoms with E-state index in [2.05, 4.69) is 10.3 Å². The molecule has 0 bridgehead atoms. The number of hydrogen-bond acceptors (Lipinski definition) is 7. The lowest BCUT2D eigenvalue weighted by Gasteiger charge is -2.13. The number of aromatic nitrogens is 1. The highest BCUT2D eigenvalue weighted by molar-refractivity contribution is 5.98. The van der Waals surface area contributed by atoms with Crippen molar-refractivity contribution in [2.24, 2.45) is 5.73 Å². The van der Waals surface area contributed by atoms with Crippen molar-refractivity contribution in [2.45, 2.75) is 18.5 Å². The molecular weight excluding hydrogens is 434 g/mol. The number of hydrogen-bond donors (Lipinski definition) is 2. The summed E-state index contributed by atoms with van der Waals surface area (Å²) < 4.78 is 22.6. The average Bonchev–Trinajstić information content (AvgIpc) is 3.38. The number of nitrogens with two attached hydrogens (primary N) is 1. The fourth-order valence-corrected chi connectivity index (χ4v) is 3.99. The number of benzene rings is 2. The van der Waals surface area contributed by atoms with E-state index in [9.17, 15) is 4.79 Å². The van der Waals surface area contributed by atoms with Crippen molar-refractivity contribution < 1.29 is 23.4 Å². The molecule has 2 aromatic carbocycles. The molecule has 4 aromatic rings. The van der Waals surface area contributed by atoms with Gasteiger partial charge in [-0.3, -0.25) is 9.78 Å². The van der Waals surface area contributed by atoms with E-state index in [4.69, 9.17) is 24.4 Å². The summed E-state index contributed by atoms with van der Waals surface area (Å²) in [6.45, 7) is 0. The number of ether oxygens (including phenoxy) is 3. The van der Waals surface area contributed by atoms with Crippen LogP contribution in [0.15, 0.2) is 59.1 Å². The highest BCUT2D eigenvalue weighted by Gasteiger charge is 2.34. The van der Waals surface area contributed by atoms with Crippen LogP contribution < -0.4 is 25.3 Å². The molecule has 3 N–H and O–H groups in total. The molecule has 0 aliphatic heterocycles. The van der Waals surface area contributed by atoms with Gasteiger partial charge in [0.25, 0.3) is 5.91 Å². The topological polar surface area (TPSA) is 109 Å². The maximum atomic E-state index is 12.6. The lowest BCUT2D eigenvalue weighted by Crippen LogP contribution is -2.29. The summed E-state index contributed by atoms with van der Waals surface area (Å²) in [5, 5.41) is 2.96. The fraction of sp³-hybridized carbons (Fsp3) is 0.231. The van der Waals surface area contributed by atoms with Crippen molar-refractivity contribution >= 4 is 17.0 Å². The van der Waals surface area contributed by atoms with Gasteiger partial charge in [-0.2, -0.15) is 0 Å². The van der Waals surface area contributed by atoms with Gasteiger partial charge in [-0.25, -0.2) is 0 Å². The number of fused-ring (bicyclic) bond motifs is 1. The molecule has 1 fully saturated rings. The summed E-state index contributed by atoms with van der Waals surface area (Å²) >= 11 is 0. The molecule has 8 nitrogen and oxygen atoms in total. The zero-order valence-electron chi connectivity index (χ0n) is 19.1. The van der Waals surface area contributed by atoms with Crippen LogP contribution >= 0.6 is 0 Å². The zero-order chi connectivity index (χ0) is 23.8. The minimum absolute atomic E-state index is 0.0451. The molecule has 1 aliphatic rings. The van der Waals surface area contributed by atoms with E-state index in [1.165, 1.54) is 0 Å². The van der Waals surface area contributed by atoms with Crippen molar-refractivity contribution in [3.05, 3.63) is 60.3 Å². The summed E-state index contributed by atoms with van der Waals surface area (Å²) in [7, 11) is 4.70. The van der Waals surface area contributed by atoms with E-state index in [1.807, 2.05) is 42.5 Å². The van der Waals surface area contributed by atoms with Crippen LogP contribution in [0.5, 0.6) is 17.2 Å². The van der Waals surface area contributed by atoms with Gasteiger partial charge in [-0.1, -0.05) is 12.1 Å². The van der Waals surface area contributed by atoms with Crippen molar-refractivity contribution in [1.29, 1.82) is 0 Å². The van der Waals surface area contributed by atoms with Gasteiger partial charge in [-0.05, 0) is 42.3 Å². The smallest absolute Gasteiger partial charge is 0.251 e. The van der Waals surface area contributed by atoms with Gasteiger partial charge < -0.3 is 29.7 Å². The Morgan fingerprint density at radius 1 is 1.03 bits per heavy atom. The van der Waals surface area contributed by atoms with E-state index in [1.54, 1.807) is 33.6 Å². The molecular formula is C26H25N3O5. The minimum Gasteiger partial charge on any atom is -0.493 e. The third-order valence-electron chi connectivity index (χ3n) is 5.95. The number of amides is 1. The standard InChI is InChI=1S/C26H25N3O5/c1-31-22-10-16(11-23(32-2)25(22)33-3)21-13-20-24(34-21)17(7-8-28-20)14-5-4-6-15(9-14)26(30)29-19-12-18(19)27/h4-11,13,18-19H,12,27H2,1-3H3,(H,29,30)/t18-,19+/m0/s1. The predicted molar refractivity (Wildman–Crippen MR) is 128 cm³/mol. The summed E-state index contributed by atoms with van der Waals surface area (Å²) in [5.41, 5.74) is 10.1. The van der Waals surface area contributed by atoms with Crippen molar-refractivity contribution in [3.8, 4) is 39.7 Å². The Bertz CT molecular complexity index is 1360. The van der Waals surface area contributed by atoms with Gasteiger partial charge in [0.2, 0.25) is 5.75 Å². The van der Waals surface area contributed by atoms with E-state index >= 15 is 0 Å². The quantitative estimate of drug-likeness (QED) is 0.430. The van der Waals surface area contributed by atoms with Gasteiger partial charge in [0.15, 0.2) is 17.1 Å². The third kappa shape index (κ3) is 3.92. The molecule has 1 saturated carbocycles. The molecule has 1 aliphatic carbocycles. The monoisotopic (exact) mass is 459 g/mol. The summed E-state index contributed by atoms with van der Waals surface area (Å²) in [5.74, 6) is 2.03. The molecule has 34 heavy (non-hydrogen) atoms. The Morgan fingerprint density at radius 2 is 1.76 bits per heavy atom. The van der Waals surface area contributed by atoms with E-state index in [-0.39, 0.29) is 18.0 Å². The minimum atomic E-state index is -0.136. The maximum absolute atomic E-state index is 12.6. The highest BCUT2D eigenvalue weighted by Crippen LogP contribution is 2.42. The first-order valence-electron chi connectivity index (χ1n) is 10.9. The molecule has 0 radical (unpaired) electrons. The first-order valence-corrected chi connectivity index (χ1v) is 10.9. The van der Waals surface area contributed by atoms with Gasteiger partial charge in [-0.15, -0.1) is 0 Å². The molecule has 0 unspecified atom stereocenters. The van der Waals surface area contributed by atoms with Gasteiger partial charge in [0.1, 0.15) is 11.3 Å². The molecule has 0 saturated heterocycles. The number of carbonyl (C=O) groups excluding carboxylic acids is 1. The molecule has 0 spiro atoms. The number of methoxy groups -OCH3 is 3. The van der Waals surface area contributed by atoms with Crippen LogP contribution in [0.3, 0.4) is 0 Å². The second-order valence-electron chi connectivity index (χ2n) is 8.16. The summed E-state index contributed by atoms with van der Waals surface area (Å²) in [4.78, 5) is 17.1. The molecule has 1 amide bonds. The Balaban J connectivity index is 1.54. The van der Waals surface area contributed by atoms with Crippen molar-refractivity contribution in [2.75, 3.05) is 21.3 Å². The second-order valence-corrected chi connectivity index (χ2v) is 8.16.